The summed E-state index contributed by atoms with van der Waals surface area (Å²) in [5.41, 5.74) is 11.6. The van der Waals surface area contributed by atoms with Gasteiger partial charge in [0.1, 0.15) is 11.2 Å². The maximum absolute atomic E-state index is 6.30. The lowest BCUT2D eigenvalue weighted by Crippen LogP contribution is -2.14. The SMILES string of the molecule is CC1(C)c2ccccc2-c2cc3ccc4ccc(-c5nc(-c6ccc7c(c6)oc6ccccc67)nc(-c6ccccc6-c6cccnc6)n5)cc4c3cc21. The van der Waals surface area contributed by atoms with E-state index in [1.165, 1.54) is 43.8 Å². The third kappa shape index (κ3) is 4.65. The monoisotopic (exact) mass is 692 g/mol. The number of nitrogens with zero attached hydrogens (tertiary/aromatic N) is 4. The summed E-state index contributed by atoms with van der Waals surface area (Å²) in [6.07, 6.45) is 3.67. The highest BCUT2D eigenvalue weighted by Gasteiger charge is 2.35. The maximum atomic E-state index is 6.30. The zero-order valence-corrected chi connectivity index (χ0v) is 29.7. The van der Waals surface area contributed by atoms with Crippen molar-refractivity contribution < 1.29 is 4.42 Å². The number of aromatic nitrogens is 4. The smallest absolute Gasteiger partial charge is 0.164 e. The van der Waals surface area contributed by atoms with Gasteiger partial charge in [-0.25, -0.2) is 15.0 Å². The summed E-state index contributed by atoms with van der Waals surface area (Å²) < 4.78 is 6.30. The number of para-hydroxylation sites is 1. The van der Waals surface area contributed by atoms with Gasteiger partial charge in [-0.1, -0.05) is 117 Å². The number of fused-ring (bicyclic) bond motifs is 9. The fraction of sp³-hybridized carbons (Fsp3) is 0.0612. The van der Waals surface area contributed by atoms with Gasteiger partial charge in [0.15, 0.2) is 17.5 Å². The first-order valence-corrected chi connectivity index (χ1v) is 18.3. The standard InChI is InChI=1S/C49H32N4O/c1-49(2)42-15-7-5-12-35(42)41-24-30-19-17-29-18-20-31(25-39(29)40(30)27-43(41)49)46-51-47(32-21-22-37-36-13-6-8-16-44(36)54-45(37)26-32)53-48(52-46)38-14-4-3-11-34(38)33-10-9-23-50-28-33/h3-28H,1-2H3. The van der Waals surface area contributed by atoms with E-state index in [1.54, 1.807) is 6.20 Å². The Labute approximate surface area is 311 Å². The Morgan fingerprint density at radius 2 is 1.09 bits per heavy atom. The van der Waals surface area contributed by atoms with Crippen LogP contribution in [0.3, 0.4) is 0 Å². The predicted molar refractivity (Wildman–Crippen MR) is 219 cm³/mol. The molecule has 10 aromatic rings. The molecule has 7 aromatic carbocycles. The van der Waals surface area contributed by atoms with Crippen molar-refractivity contribution in [2.24, 2.45) is 0 Å². The minimum absolute atomic E-state index is 0.0967. The maximum Gasteiger partial charge on any atom is 0.164 e. The van der Waals surface area contributed by atoms with Gasteiger partial charge in [0.05, 0.1) is 0 Å². The molecule has 0 spiro atoms. The summed E-state index contributed by atoms with van der Waals surface area (Å²) >= 11 is 0. The van der Waals surface area contributed by atoms with Gasteiger partial charge >= 0.3 is 0 Å². The number of furan rings is 1. The Balaban J connectivity index is 1.13. The zero-order valence-electron chi connectivity index (χ0n) is 29.7. The summed E-state index contributed by atoms with van der Waals surface area (Å²) in [7, 11) is 0. The van der Waals surface area contributed by atoms with Crippen molar-refractivity contribution in [1.82, 2.24) is 19.9 Å². The molecule has 0 amide bonds. The normalized spacial score (nSPS) is 13.1. The number of rotatable bonds is 4. The lowest BCUT2D eigenvalue weighted by atomic mass is 9.81. The highest BCUT2D eigenvalue weighted by molar-refractivity contribution is 6.11. The van der Waals surface area contributed by atoms with Crippen molar-refractivity contribution in [3.05, 3.63) is 169 Å². The molecule has 5 heteroatoms. The molecule has 11 rings (SSSR count). The van der Waals surface area contributed by atoms with Crippen molar-refractivity contribution in [2.45, 2.75) is 19.3 Å². The van der Waals surface area contributed by atoms with Gasteiger partial charge < -0.3 is 4.42 Å². The summed E-state index contributed by atoms with van der Waals surface area (Å²) in [5.74, 6) is 1.77. The summed E-state index contributed by atoms with van der Waals surface area (Å²) in [6.45, 7) is 4.67. The Bertz CT molecular complexity index is 3140. The van der Waals surface area contributed by atoms with E-state index in [0.29, 0.717) is 17.5 Å². The van der Waals surface area contributed by atoms with E-state index in [4.69, 9.17) is 19.4 Å². The van der Waals surface area contributed by atoms with Crippen molar-refractivity contribution in [3.63, 3.8) is 0 Å². The number of hydrogen-bond donors (Lipinski definition) is 0. The van der Waals surface area contributed by atoms with Crippen LogP contribution in [0.1, 0.15) is 25.0 Å². The van der Waals surface area contributed by atoms with E-state index in [-0.39, 0.29) is 5.41 Å². The van der Waals surface area contributed by atoms with Crippen LogP contribution < -0.4 is 0 Å². The molecule has 0 bridgehead atoms. The molecule has 1 aliphatic carbocycles. The highest BCUT2D eigenvalue weighted by atomic mass is 16.3. The Kier molecular flexibility index (Phi) is 6.53. The van der Waals surface area contributed by atoms with Crippen LogP contribution in [-0.2, 0) is 5.41 Å². The van der Waals surface area contributed by atoms with Crippen LogP contribution in [0.25, 0.3) is 99.9 Å². The van der Waals surface area contributed by atoms with Crippen LogP contribution in [0.2, 0.25) is 0 Å². The van der Waals surface area contributed by atoms with Crippen molar-refractivity contribution in [1.29, 1.82) is 0 Å². The quantitative estimate of drug-likeness (QED) is 0.172. The first kappa shape index (κ1) is 30.6. The van der Waals surface area contributed by atoms with E-state index >= 15 is 0 Å². The van der Waals surface area contributed by atoms with Crippen LogP contribution in [0.15, 0.2) is 162 Å². The molecule has 254 valence electrons. The molecule has 0 radical (unpaired) electrons. The molecule has 0 N–H and O–H groups in total. The van der Waals surface area contributed by atoms with Crippen molar-refractivity contribution in [3.8, 4) is 56.4 Å². The van der Waals surface area contributed by atoms with Crippen LogP contribution in [0.4, 0.5) is 0 Å². The van der Waals surface area contributed by atoms with Crippen LogP contribution in [0.5, 0.6) is 0 Å². The Hall–Kier alpha value is -6.98. The molecule has 0 atom stereocenters. The van der Waals surface area contributed by atoms with E-state index in [2.05, 4.69) is 122 Å². The molecule has 54 heavy (non-hydrogen) atoms. The second-order valence-electron chi connectivity index (χ2n) is 14.7. The first-order chi connectivity index (χ1) is 26.5. The number of hydrogen-bond acceptors (Lipinski definition) is 5. The average Bonchev–Trinajstić information content (AvgIpc) is 3.71. The molecule has 1 aliphatic rings. The molecule has 0 aliphatic heterocycles. The number of pyridine rings is 1. The van der Waals surface area contributed by atoms with Gasteiger partial charge in [-0.15, -0.1) is 0 Å². The first-order valence-electron chi connectivity index (χ1n) is 18.3. The fourth-order valence-corrected chi connectivity index (χ4v) is 8.46. The summed E-state index contributed by atoms with van der Waals surface area (Å²) in [4.78, 5) is 19.9. The molecule has 0 saturated carbocycles. The molecule has 3 aromatic heterocycles. The fourth-order valence-electron chi connectivity index (χ4n) is 8.46. The topological polar surface area (TPSA) is 64.7 Å². The number of benzene rings is 7. The highest BCUT2D eigenvalue weighted by Crippen LogP contribution is 2.50. The molecular formula is C49H32N4O. The lowest BCUT2D eigenvalue weighted by Gasteiger charge is -2.22. The molecule has 0 saturated heterocycles. The summed E-state index contributed by atoms with van der Waals surface area (Å²) in [6, 6.07) is 51.2. The van der Waals surface area contributed by atoms with Crippen LogP contribution in [0, 0.1) is 0 Å². The van der Waals surface area contributed by atoms with Gasteiger partial charge in [-0.05, 0) is 91.8 Å². The molecular weight excluding hydrogens is 661 g/mol. The lowest BCUT2D eigenvalue weighted by molar-refractivity contribution is 0.661. The molecule has 5 nitrogen and oxygen atoms in total. The van der Waals surface area contributed by atoms with Crippen molar-refractivity contribution >= 4 is 43.5 Å². The largest absolute Gasteiger partial charge is 0.456 e. The predicted octanol–water partition coefficient (Wildman–Crippen LogP) is 12.4. The average molecular weight is 693 g/mol. The van der Waals surface area contributed by atoms with Crippen LogP contribution >= 0.6 is 0 Å². The Morgan fingerprint density at radius 1 is 0.426 bits per heavy atom. The minimum Gasteiger partial charge on any atom is -0.456 e. The van der Waals surface area contributed by atoms with Gasteiger partial charge in [0.2, 0.25) is 0 Å². The second kappa shape index (κ2) is 11.5. The van der Waals surface area contributed by atoms with Gasteiger partial charge in [0.25, 0.3) is 0 Å². The van der Waals surface area contributed by atoms with E-state index < -0.39 is 0 Å². The second-order valence-corrected chi connectivity index (χ2v) is 14.7. The molecule has 3 heterocycles. The van der Waals surface area contributed by atoms with Gasteiger partial charge in [0, 0.05) is 50.8 Å². The van der Waals surface area contributed by atoms with Crippen molar-refractivity contribution in [2.75, 3.05) is 0 Å². The van der Waals surface area contributed by atoms with E-state index in [0.717, 1.165) is 49.8 Å². The van der Waals surface area contributed by atoms with E-state index in [1.807, 2.05) is 48.7 Å². The minimum atomic E-state index is -0.0967. The molecule has 0 unspecified atom stereocenters. The third-order valence-corrected chi connectivity index (χ3v) is 11.2. The zero-order chi connectivity index (χ0) is 36.0. The third-order valence-electron chi connectivity index (χ3n) is 11.2. The van der Waals surface area contributed by atoms with E-state index in [9.17, 15) is 0 Å². The summed E-state index contributed by atoms with van der Waals surface area (Å²) in [5, 5.41) is 6.93. The van der Waals surface area contributed by atoms with Crippen LogP contribution in [-0.4, -0.2) is 19.9 Å². The Morgan fingerprint density at radius 3 is 1.94 bits per heavy atom. The molecule has 0 fully saturated rings. The van der Waals surface area contributed by atoms with Gasteiger partial charge in [-0.3, -0.25) is 4.98 Å². The van der Waals surface area contributed by atoms with Gasteiger partial charge in [-0.2, -0.15) is 0 Å².